The van der Waals surface area contributed by atoms with Crippen molar-refractivity contribution in [2.45, 2.75) is 37.9 Å². The molecule has 0 radical (unpaired) electrons. The van der Waals surface area contributed by atoms with Crippen molar-refractivity contribution in [3.8, 4) is 5.75 Å². The summed E-state index contributed by atoms with van der Waals surface area (Å²) in [6.07, 6.45) is 3.44. The molecule has 1 aliphatic rings. The van der Waals surface area contributed by atoms with Crippen LogP contribution in [0.5, 0.6) is 5.75 Å². The molecule has 0 amide bonds. The average Bonchev–Trinajstić information content (AvgIpc) is 2.40. The number of rotatable bonds is 4. The monoisotopic (exact) mass is 236 g/mol. The summed E-state index contributed by atoms with van der Waals surface area (Å²) in [4.78, 5) is 0. The summed E-state index contributed by atoms with van der Waals surface area (Å²) in [5.74, 6) is 0.833. The highest BCUT2D eigenvalue weighted by atomic mass is 16.5. The summed E-state index contributed by atoms with van der Waals surface area (Å²) in [7, 11) is 1.65. The molecule has 1 heterocycles. The molecular weight excluding hydrogens is 216 g/mol. The molecule has 2 unspecified atom stereocenters. The lowest BCUT2D eigenvalue weighted by atomic mass is 9.98. The molecule has 1 aromatic carbocycles. The number of hydrogen-bond donors (Lipinski definition) is 1. The van der Waals surface area contributed by atoms with E-state index in [0.717, 1.165) is 37.2 Å². The van der Waals surface area contributed by atoms with Gasteiger partial charge in [-0.15, -0.1) is 0 Å². The number of benzene rings is 1. The molecule has 2 atom stereocenters. The van der Waals surface area contributed by atoms with E-state index in [-0.39, 0.29) is 6.10 Å². The van der Waals surface area contributed by atoms with Gasteiger partial charge < -0.3 is 14.6 Å². The molecule has 1 aromatic rings. The topological polar surface area (TPSA) is 38.7 Å². The Morgan fingerprint density at radius 2 is 2.35 bits per heavy atom. The average molecular weight is 236 g/mol. The maximum Gasteiger partial charge on any atom is 0.119 e. The van der Waals surface area contributed by atoms with Crippen LogP contribution in [0.4, 0.5) is 0 Å². The van der Waals surface area contributed by atoms with Gasteiger partial charge in [-0.1, -0.05) is 12.1 Å². The predicted molar refractivity (Wildman–Crippen MR) is 66.3 cm³/mol. The molecular formula is C14H20O3. The minimum Gasteiger partial charge on any atom is -0.497 e. The first-order chi connectivity index (χ1) is 8.29. The van der Waals surface area contributed by atoms with Crippen molar-refractivity contribution in [1.29, 1.82) is 0 Å². The summed E-state index contributed by atoms with van der Waals surface area (Å²) in [6.45, 7) is 0.778. The second kappa shape index (κ2) is 6.03. The van der Waals surface area contributed by atoms with Crippen molar-refractivity contribution in [2.75, 3.05) is 13.7 Å². The van der Waals surface area contributed by atoms with Gasteiger partial charge in [0.1, 0.15) is 5.75 Å². The highest BCUT2D eigenvalue weighted by Crippen LogP contribution is 2.20. The Bertz CT molecular complexity index is 345. The van der Waals surface area contributed by atoms with Gasteiger partial charge in [-0.05, 0) is 37.0 Å². The zero-order valence-corrected chi connectivity index (χ0v) is 10.3. The molecule has 1 saturated heterocycles. The van der Waals surface area contributed by atoms with Crippen molar-refractivity contribution in [3.63, 3.8) is 0 Å². The molecule has 17 heavy (non-hydrogen) atoms. The molecule has 1 aliphatic heterocycles. The number of hydrogen-bond acceptors (Lipinski definition) is 3. The van der Waals surface area contributed by atoms with Crippen LogP contribution in [0.3, 0.4) is 0 Å². The smallest absolute Gasteiger partial charge is 0.119 e. The molecule has 1 N–H and O–H groups in total. The van der Waals surface area contributed by atoms with Crippen LogP contribution < -0.4 is 4.74 Å². The van der Waals surface area contributed by atoms with E-state index in [1.165, 1.54) is 0 Å². The van der Waals surface area contributed by atoms with Gasteiger partial charge in [-0.2, -0.15) is 0 Å². The van der Waals surface area contributed by atoms with E-state index >= 15 is 0 Å². The molecule has 0 spiro atoms. The third-order valence-electron chi connectivity index (χ3n) is 3.22. The summed E-state index contributed by atoms with van der Waals surface area (Å²) >= 11 is 0. The van der Waals surface area contributed by atoms with Gasteiger partial charge in [-0.25, -0.2) is 0 Å². The van der Waals surface area contributed by atoms with Crippen molar-refractivity contribution < 1.29 is 14.6 Å². The van der Waals surface area contributed by atoms with Crippen LogP contribution in [0.25, 0.3) is 0 Å². The molecule has 1 fully saturated rings. The van der Waals surface area contributed by atoms with Crippen LogP contribution in [0.15, 0.2) is 24.3 Å². The second-order valence-electron chi connectivity index (χ2n) is 4.53. The molecule has 0 bridgehead atoms. The zero-order valence-electron chi connectivity index (χ0n) is 10.3. The van der Waals surface area contributed by atoms with Gasteiger partial charge in [0.15, 0.2) is 0 Å². The molecule has 2 rings (SSSR count). The fourth-order valence-electron chi connectivity index (χ4n) is 2.24. The third kappa shape index (κ3) is 3.45. The normalized spacial score (nSPS) is 22.1. The molecule has 0 aliphatic carbocycles. The maximum atomic E-state index is 10.1. The molecule has 0 aromatic heterocycles. The standard InChI is InChI=1S/C14H20O3/c1-16-12-6-4-5-11(9-12)10-13(15)14-7-2-3-8-17-14/h4-6,9,13-15H,2-3,7-8,10H2,1H3. The van der Waals surface area contributed by atoms with E-state index in [0.29, 0.717) is 6.42 Å². The van der Waals surface area contributed by atoms with Crippen molar-refractivity contribution >= 4 is 0 Å². The minimum absolute atomic E-state index is 0.00467. The third-order valence-corrected chi connectivity index (χ3v) is 3.22. The van der Waals surface area contributed by atoms with E-state index in [4.69, 9.17) is 9.47 Å². The van der Waals surface area contributed by atoms with Gasteiger partial charge in [0, 0.05) is 13.0 Å². The molecule has 3 heteroatoms. The van der Waals surface area contributed by atoms with Crippen molar-refractivity contribution in [1.82, 2.24) is 0 Å². The van der Waals surface area contributed by atoms with Gasteiger partial charge in [-0.3, -0.25) is 0 Å². The largest absolute Gasteiger partial charge is 0.497 e. The SMILES string of the molecule is COc1cccc(CC(O)C2CCCCO2)c1. The fourth-order valence-corrected chi connectivity index (χ4v) is 2.24. The van der Waals surface area contributed by atoms with Gasteiger partial charge >= 0.3 is 0 Å². The zero-order chi connectivity index (χ0) is 12.1. The first-order valence-electron chi connectivity index (χ1n) is 6.22. The number of aliphatic hydroxyl groups is 1. The number of ether oxygens (including phenoxy) is 2. The quantitative estimate of drug-likeness (QED) is 0.870. The van der Waals surface area contributed by atoms with Crippen LogP contribution >= 0.6 is 0 Å². The predicted octanol–water partition coefficient (Wildman–Crippen LogP) is 2.17. The van der Waals surface area contributed by atoms with Crippen LogP contribution in [0, 0.1) is 0 Å². The fraction of sp³-hybridized carbons (Fsp3) is 0.571. The Kier molecular flexibility index (Phi) is 4.40. The van der Waals surface area contributed by atoms with Crippen molar-refractivity contribution in [3.05, 3.63) is 29.8 Å². The van der Waals surface area contributed by atoms with Gasteiger partial charge in [0.05, 0.1) is 19.3 Å². The Morgan fingerprint density at radius 1 is 1.47 bits per heavy atom. The van der Waals surface area contributed by atoms with E-state index in [1.54, 1.807) is 7.11 Å². The van der Waals surface area contributed by atoms with Crippen LogP contribution in [0.2, 0.25) is 0 Å². The van der Waals surface area contributed by atoms with E-state index in [9.17, 15) is 5.11 Å². The Balaban J connectivity index is 1.94. The van der Waals surface area contributed by atoms with E-state index in [1.807, 2.05) is 24.3 Å². The Hall–Kier alpha value is -1.06. The number of aliphatic hydroxyl groups excluding tert-OH is 1. The number of methoxy groups -OCH3 is 1. The lowest BCUT2D eigenvalue weighted by molar-refractivity contribution is -0.0611. The summed E-state index contributed by atoms with van der Waals surface area (Å²) in [5.41, 5.74) is 1.09. The van der Waals surface area contributed by atoms with Crippen LogP contribution in [0.1, 0.15) is 24.8 Å². The minimum atomic E-state index is -0.414. The highest BCUT2D eigenvalue weighted by molar-refractivity contribution is 5.28. The second-order valence-corrected chi connectivity index (χ2v) is 4.53. The van der Waals surface area contributed by atoms with Crippen LogP contribution in [-0.2, 0) is 11.2 Å². The molecule has 3 nitrogen and oxygen atoms in total. The Labute approximate surface area is 102 Å². The van der Waals surface area contributed by atoms with Crippen molar-refractivity contribution in [2.24, 2.45) is 0 Å². The summed E-state index contributed by atoms with van der Waals surface area (Å²) in [6, 6.07) is 7.83. The lowest BCUT2D eigenvalue weighted by Gasteiger charge is -2.27. The first-order valence-corrected chi connectivity index (χ1v) is 6.22. The van der Waals surface area contributed by atoms with Gasteiger partial charge in [0.2, 0.25) is 0 Å². The lowest BCUT2D eigenvalue weighted by Crippen LogP contribution is -2.33. The van der Waals surface area contributed by atoms with Crippen LogP contribution in [-0.4, -0.2) is 31.0 Å². The molecule has 94 valence electrons. The molecule has 0 saturated carbocycles. The van der Waals surface area contributed by atoms with E-state index < -0.39 is 6.10 Å². The summed E-state index contributed by atoms with van der Waals surface area (Å²) in [5, 5.41) is 10.1. The maximum absolute atomic E-state index is 10.1. The van der Waals surface area contributed by atoms with E-state index in [2.05, 4.69) is 0 Å². The first kappa shape index (κ1) is 12.4. The summed E-state index contributed by atoms with van der Waals surface area (Å²) < 4.78 is 10.8. The highest BCUT2D eigenvalue weighted by Gasteiger charge is 2.22. The Morgan fingerprint density at radius 3 is 3.06 bits per heavy atom. The van der Waals surface area contributed by atoms with Gasteiger partial charge in [0.25, 0.3) is 0 Å².